The van der Waals surface area contributed by atoms with E-state index in [2.05, 4.69) is 5.32 Å². The molecule has 3 N–H and O–H groups in total. The zero-order chi connectivity index (χ0) is 16.6. The minimum absolute atomic E-state index is 0.0758. The highest BCUT2D eigenvalue weighted by atomic mass is 32.2. The first kappa shape index (κ1) is 16.3. The molecule has 0 spiro atoms. The zero-order valence-corrected chi connectivity index (χ0v) is 13.9. The molecule has 2 saturated carbocycles. The van der Waals surface area contributed by atoms with Crippen molar-refractivity contribution < 1.29 is 17.9 Å². The topological polar surface area (TPSA) is 98.5 Å². The van der Waals surface area contributed by atoms with E-state index in [0.29, 0.717) is 23.9 Å². The Morgan fingerprint density at radius 3 is 2.70 bits per heavy atom. The molecule has 2 aliphatic rings. The van der Waals surface area contributed by atoms with Gasteiger partial charge in [0.15, 0.2) is 0 Å². The van der Waals surface area contributed by atoms with E-state index in [9.17, 15) is 13.2 Å². The molecule has 1 amide bonds. The summed E-state index contributed by atoms with van der Waals surface area (Å²) in [5, 5.41) is 7.96. The Hall–Kier alpha value is -1.60. The highest BCUT2D eigenvalue weighted by molar-refractivity contribution is 7.89. The van der Waals surface area contributed by atoms with Gasteiger partial charge in [0, 0.05) is 12.1 Å². The summed E-state index contributed by atoms with van der Waals surface area (Å²) < 4.78 is 28.2. The summed E-state index contributed by atoms with van der Waals surface area (Å²) in [5.41, 5.74) is 0.419. The van der Waals surface area contributed by atoms with E-state index in [1.54, 1.807) is 6.07 Å². The number of sulfonamides is 1. The van der Waals surface area contributed by atoms with Gasteiger partial charge in [-0.2, -0.15) is 0 Å². The number of nitrogens with one attached hydrogen (secondary N) is 1. The van der Waals surface area contributed by atoms with Gasteiger partial charge in [-0.25, -0.2) is 13.6 Å². The number of hydrogen-bond acceptors (Lipinski definition) is 4. The van der Waals surface area contributed by atoms with Crippen molar-refractivity contribution in [2.24, 2.45) is 22.9 Å². The number of methoxy groups -OCH3 is 1. The van der Waals surface area contributed by atoms with Crippen LogP contribution in [0.1, 0.15) is 32.1 Å². The van der Waals surface area contributed by atoms with Gasteiger partial charge in [-0.05, 0) is 55.2 Å². The number of hydrogen-bond donors (Lipinski definition) is 2. The van der Waals surface area contributed by atoms with Crippen LogP contribution in [0.5, 0.6) is 5.75 Å². The minimum atomic E-state index is -3.91. The molecule has 3 atom stereocenters. The monoisotopic (exact) mass is 338 g/mol. The zero-order valence-electron chi connectivity index (χ0n) is 13.1. The van der Waals surface area contributed by atoms with Gasteiger partial charge in [-0.15, -0.1) is 0 Å². The second-order valence-electron chi connectivity index (χ2n) is 6.60. The highest BCUT2D eigenvalue weighted by Gasteiger charge is 2.40. The highest BCUT2D eigenvalue weighted by Crippen LogP contribution is 2.49. The summed E-state index contributed by atoms with van der Waals surface area (Å²) >= 11 is 0. The molecule has 2 fully saturated rings. The van der Waals surface area contributed by atoms with E-state index in [1.807, 2.05) is 0 Å². The molecule has 0 aliphatic heterocycles. The number of nitrogens with two attached hydrogens (primary N) is 1. The van der Waals surface area contributed by atoms with Crippen LogP contribution >= 0.6 is 0 Å². The molecule has 2 aliphatic carbocycles. The predicted octanol–water partition coefficient (Wildman–Crippen LogP) is 2.11. The average molecular weight is 338 g/mol. The number of anilines is 1. The Balaban J connectivity index is 1.69. The Labute approximate surface area is 136 Å². The normalized spacial score (nSPS) is 26.3. The molecule has 1 aromatic carbocycles. The van der Waals surface area contributed by atoms with Crippen LogP contribution in [-0.2, 0) is 14.8 Å². The predicted molar refractivity (Wildman–Crippen MR) is 86.6 cm³/mol. The van der Waals surface area contributed by atoms with Gasteiger partial charge in [0.2, 0.25) is 15.9 Å². The average Bonchev–Trinajstić information content (AvgIpc) is 3.08. The molecular formula is C16H22N2O4S. The van der Waals surface area contributed by atoms with Crippen molar-refractivity contribution in [1.82, 2.24) is 0 Å². The van der Waals surface area contributed by atoms with Crippen molar-refractivity contribution in [3.63, 3.8) is 0 Å². The fourth-order valence-corrected chi connectivity index (χ4v) is 4.78. The summed E-state index contributed by atoms with van der Waals surface area (Å²) in [6.07, 6.45) is 5.44. The number of primary sulfonamides is 1. The van der Waals surface area contributed by atoms with E-state index in [1.165, 1.54) is 38.5 Å². The second kappa shape index (κ2) is 6.13. The Morgan fingerprint density at radius 2 is 2.13 bits per heavy atom. The minimum Gasteiger partial charge on any atom is -0.495 e. The molecule has 0 heterocycles. The van der Waals surface area contributed by atoms with Crippen molar-refractivity contribution in [3.8, 4) is 5.75 Å². The van der Waals surface area contributed by atoms with E-state index >= 15 is 0 Å². The lowest BCUT2D eigenvalue weighted by Gasteiger charge is -2.21. The van der Waals surface area contributed by atoms with Crippen LogP contribution in [0.4, 0.5) is 5.69 Å². The quantitative estimate of drug-likeness (QED) is 0.859. The van der Waals surface area contributed by atoms with Gasteiger partial charge in [0.25, 0.3) is 0 Å². The number of carbonyl (C=O) groups is 1. The maximum atomic E-state index is 12.2. The van der Waals surface area contributed by atoms with Crippen LogP contribution in [0.2, 0.25) is 0 Å². The Morgan fingerprint density at radius 1 is 1.35 bits per heavy atom. The first-order valence-corrected chi connectivity index (χ1v) is 9.42. The molecular weight excluding hydrogens is 316 g/mol. The summed E-state index contributed by atoms with van der Waals surface area (Å²) in [6, 6.07) is 4.45. The summed E-state index contributed by atoms with van der Waals surface area (Å²) in [7, 11) is -2.54. The summed E-state index contributed by atoms with van der Waals surface area (Å²) in [4.78, 5) is 12.1. The SMILES string of the molecule is COc1ccc(NC(=O)C[C@@H]2C[C@H]3CC[C@@H]2C3)cc1S(N)(=O)=O. The van der Waals surface area contributed by atoms with E-state index < -0.39 is 10.0 Å². The number of benzene rings is 1. The first-order valence-electron chi connectivity index (χ1n) is 7.87. The molecule has 0 radical (unpaired) electrons. The van der Waals surface area contributed by atoms with E-state index in [0.717, 1.165) is 12.3 Å². The van der Waals surface area contributed by atoms with Gasteiger partial charge < -0.3 is 10.1 Å². The van der Waals surface area contributed by atoms with Crippen LogP contribution in [0.3, 0.4) is 0 Å². The number of rotatable bonds is 5. The van der Waals surface area contributed by atoms with Crippen molar-refractivity contribution >= 4 is 21.6 Å². The summed E-state index contributed by atoms with van der Waals surface area (Å²) in [6.45, 7) is 0. The van der Waals surface area contributed by atoms with Crippen molar-refractivity contribution in [3.05, 3.63) is 18.2 Å². The van der Waals surface area contributed by atoms with Crippen LogP contribution in [0.15, 0.2) is 23.1 Å². The van der Waals surface area contributed by atoms with Crippen LogP contribution in [0.25, 0.3) is 0 Å². The molecule has 1 aromatic rings. The molecule has 3 rings (SSSR count). The number of amides is 1. The maximum Gasteiger partial charge on any atom is 0.241 e. The molecule has 0 aromatic heterocycles. The van der Waals surface area contributed by atoms with Crippen molar-refractivity contribution in [2.45, 2.75) is 37.0 Å². The fraction of sp³-hybridized carbons (Fsp3) is 0.562. The number of fused-ring (bicyclic) bond motifs is 2. The third-order valence-electron chi connectivity index (χ3n) is 5.09. The van der Waals surface area contributed by atoms with Crippen LogP contribution in [0, 0.1) is 17.8 Å². The van der Waals surface area contributed by atoms with Crippen molar-refractivity contribution in [1.29, 1.82) is 0 Å². The van der Waals surface area contributed by atoms with Crippen LogP contribution < -0.4 is 15.2 Å². The second-order valence-corrected chi connectivity index (χ2v) is 8.13. The standard InChI is InChI=1S/C16H22N2O4S/c1-22-14-5-4-13(9-15(14)23(17,20)21)18-16(19)8-12-7-10-2-3-11(12)6-10/h4-5,9-12H,2-3,6-8H2,1H3,(H,18,19)(H2,17,20,21)/t10-,11+,12-/m0/s1. The Kier molecular flexibility index (Phi) is 4.33. The van der Waals surface area contributed by atoms with E-state index in [4.69, 9.17) is 9.88 Å². The van der Waals surface area contributed by atoms with Gasteiger partial charge in [-0.3, -0.25) is 4.79 Å². The van der Waals surface area contributed by atoms with Gasteiger partial charge in [0.1, 0.15) is 10.6 Å². The lowest BCUT2D eigenvalue weighted by atomic mass is 9.86. The lowest BCUT2D eigenvalue weighted by molar-refractivity contribution is -0.117. The lowest BCUT2D eigenvalue weighted by Crippen LogP contribution is -2.20. The van der Waals surface area contributed by atoms with Crippen molar-refractivity contribution in [2.75, 3.05) is 12.4 Å². The molecule has 0 unspecified atom stereocenters. The third-order valence-corrected chi connectivity index (χ3v) is 6.02. The molecule has 0 saturated heterocycles. The number of carbonyl (C=O) groups excluding carboxylic acids is 1. The first-order chi connectivity index (χ1) is 10.9. The van der Waals surface area contributed by atoms with Crippen LogP contribution in [-0.4, -0.2) is 21.4 Å². The van der Waals surface area contributed by atoms with Gasteiger partial charge in [-0.1, -0.05) is 6.42 Å². The molecule has 7 heteroatoms. The molecule has 23 heavy (non-hydrogen) atoms. The van der Waals surface area contributed by atoms with Gasteiger partial charge >= 0.3 is 0 Å². The third kappa shape index (κ3) is 3.50. The smallest absolute Gasteiger partial charge is 0.241 e. The molecule has 2 bridgehead atoms. The maximum absolute atomic E-state index is 12.2. The molecule has 6 nitrogen and oxygen atoms in total. The summed E-state index contributed by atoms with van der Waals surface area (Å²) in [5.74, 6) is 2.03. The largest absolute Gasteiger partial charge is 0.495 e. The molecule has 126 valence electrons. The number of ether oxygens (including phenoxy) is 1. The van der Waals surface area contributed by atoms with E-state index in [-0.39, 0.29) is 16.6 Å². The van der Waals surface area contributed by atoms with Gasteiger partial charge in [0.05, 0.1) is 7.11 Å². The Bertz CT molecular complexity index is 717. The fourth-order valence-electron chi connectivity index (χ4n) is 4.05.